The Morgan fingerprint density at radius 1 is 1.11 bits per heavy atom. The summed E-state index contributed by atoms with van der Waals surface area (Å²) < 4.78 is 0. The van der Waals surface area contributed by atoms with Crippen molar-refractivity contribution in [2.24, 2.45) is 0 Å². The molecule has 0 saturated heterocycles. The molecule has 27 heavy (non-hydrogen) atoms. The van der Waals surface area contributed by atoms with Gasteiger partial charge < -0.3 is 10.2 Å². The molecule has 1 aliphatic rings. The van der Waals surface area contributed by atoms with Gasteiger partial charge in [0.05, 0.1) is 0 Å². The Labute approximate surface area is 159 Å². The minimum absolute atomic E-state index is 0.0791. The van der Waals surface area contributed by atoms with Gasteiger partial charge in [-0.15, -0.1) is 0 Å². The number of pyridine rings is 1. The van der Waals surface area contributed by atoms with Crippen LogP contribution in [0.2, 0.25) is 0 Å². The second kappa shape index (κ2) is 7.62. The van der Waals surface area contributed by atoms with Crippen molar-refractivity contribution >= 4 is 17.4 Å². The molecule has 0 unspecified atom stereocenters. The zero-order chi connectivity index (χ0) is 18.6. The fourth-order valence-corrected chi connectivity index (χ4v) is 3.47. The van der Waals surface area contributed by atoms with Crippen molar-refractivity contribution in [2.45, 2.75) is 26.3 Å². The SMILES string of the molecule is Cc1ccc(CNC(=O)c2ccnc(N3CCCc4ccccc43)c2)cc1. The number of amides is 1. The summed E-state index contributed by atoms with van der Waals surface area (Å²) in [4.78, 5) is 19.3. The third kappa shape index (κ3) is 3.85. The summed E-state index contributed by atoms with van der Waals surface area (Å²) in [6.45, 7) is 3.49. The van der Waals surface area contributed by atoms with E-state index in [9.17, 15) is 4.79 Å². The molecule has 2 aromatic carbocycles. The van der Waals surface area contributed by atoms with Crippen LogP contribution in [-0.2, 0) is 13.0 Å². The maximum atomic E-state index is 12.6. The summed E-state index contributed by atoms with van der Waals surface area (Å²) >= 11 is 0. The second-order valence-electron chi connectivity index (χ2n) is 6.95. The third-order valence-corrected chi connectivity index (χ3v) is 4.97. The molecule has 0 aliphatic carbocycles. The first-order valence-corrected chi connectivity index (χ1v) is 9.36. The quantitative estimate of drug-likeness (QED) is 0.752. The highest BCUT2D eigenvalue weighted by Gasteiger charge is 2.19. The lowest BCUT2D eigenvalue weighted by Gasteiger charge is -2.30. The second-order valence-corrected chi connectivity index (χ2v) is 6.95. The van der Waals surface area contributed by atoms with Gasteiger partial charge in [-0.25, -0.2) is 4.98 Å². The predicted octanol–water partition coefficient (Wildman–Crippen LogP) is 4.40. The first-order chi connectivity index (χ1) is 13.2. The number of carbonyl (C=O) groups is 1. The molecule has 1 amide bonds. The van der Waals surface area contributed by atoms with Crippen molar-refractivity contribution in [2.75, 3.05) is 11.4 Å². The molecule has 1 aromatic heterocycles. The van der Waals surface area contributed by atoms with Gasteiger partial charge in [0.2, 0.25) is 0 Å². The summed E-state index contributed by atoms with van der Waals surface area (Å²) in [5, 5.41) is 3.00. The van der Waals surface area contributed by atoms with Gasteiger partial charge in [-0.3, -0.25) is 4.79 Å². The molecule has 4 nitrogen and oxygen atoms in total. The number of hydrogen-bond acceptors (Lipinski definition) is 3. The molecule has 0 saturated carbocycles. The Bertz CT molecular complexity index is 950. The fraction of sp³-hybridized carbons (Fsp3) is 0.217. The maximum Gasteiger partial charge on any atom is 0.251 e. The van der Waals surface area contributed by atoms with E-state index in [1.807, 2.05) is 18.2 Å². The summed E-state index contributed by atoms with van der Waals surface area (Å²) in [6, 6.07) is 20.3. The highest BCUT2D eigenvalue weighted by atomic mass is 16.1. The van der Waals surface area contributed by atoms with Crippen LogP contribution >= 0.6 is 0 Å². The molecule has 2 heterocycles. The number of fused-ring (bicyclic) bond motifs is 1. The smallest absolute Gasteiger partial charge is 0.251 e. The largest absolute Gasteiger partial charge is 0.348 e. The monoisotopic (exact) mass is 357 g/mol. The first-order valence-electron chi connectivity index (χ1n) is 9.36. The molecular formula is C23H23N3O. The van der Waals surface area contributed by atoms with E-state index in [4.69, 9.17) is 0 Å². The van der Waals surface area contributed by atoms with Crippen molar-refractivity contribution in [1.29, 1.82) is 0 Å². The van der Waals surface area contributed by atoms with E-state index >= 15 is 0 Å². The highest BCUT2D eigenvalue weighted by Crippen LogP contribution is 2.32. The Kier molecular flexibility index (Phi) is 4.88. The van der Waals surface area contributed by atoms with Crippen LogP contribution in [0.15, 0.2) is 66.9 Å². The molecule has 0 spiro atoms. The topological polar surface area (TPSA) is 45.2 Å². The van der Waals surface area contributed by atoms with E-state index in [2.05, 4.69) is 58.5 Å². The highest BCUT2D eigenvalue weighted by molar-refractivity contribution is 5.95. The Balaban J connectivity index is 1.51. The third-order valence-electron chi connectivity index (χ3n) is 4.97. The standard InChI is InChI=1S/C23H23N3O/c1-17-8-10-18(11-9-17)16-25-23(27)20-12-13-24-22(15-20)26-14-4-6-19-5-2-3-7-21(19)26/h2-3,5,7-13,15H,4,6,14,16H2,1H3,(H,25,27). The lowest BCUT2D eigenvalue weighted by atomic mass is 10.0. The predicted molar refractivity (Wildman–Crippen MR) is 108 cm³/mol. The summed E-state index contributed by atoms with van der Waals surface area (Å²) in [6.07, 6.45) is 3.89. The minimum atomic E-state index is -0.0791. The zero-order valence-electron chi connectivity index (χ0n) is 15.5. The molecule has 136 valence electrons. The van der Waals surface area contributed by atoms with Gasteiger partial charge in [0.1, 0.15) is 5.82 Å². The number of aromatic nitrogens is 1. The zero-order valence-corrected chi connectivity index (χ0v) is 15.5. The van der Waals surface area contributed by atoms with E-state index in [0.29, 0.717) is 12.1 Å². The number of carbonyl (C=O) groups excluding carboxylic acids is 1. The van der Waals surface area contributed by atoms with Crippen LogP contribution < -0.4 is 10.2 Å². The van der Waals surface area contributed by atoms with Crippen LogP contribution in [0, 0.1) is 6.92 Å². The number of para-hydroxylation sites is 1. The summed E-state index contributed by atoms with van der Waals surface area (Å²) in [5.41, 5.74) is 5.46. The van der Waals surface area contributed by atoms with Gasteiger partial charge in [0, 0.05) is 30.5 Å². The van der Waals surface area contributed by atoms with Crippen LogP contribution in [0.25, 0.3) is 0 Å². The lowest BCUT2D eigenvalue weighted by Crippen LogP contribution is -2.26. The molecule has 0 radical (unpaired) electrons. The van der Waals surface area contributed by atoms with E-state index in [-0.39, 0.29) is 5.91 Å². The van der Waals surface area contributed by atoms with Gasteiger partial charge in [-0.2, -0.15) is 0 Å². The molecule has 0 atom stereocenters. The molecule has 4 heteroatoms. The maximum absolute atomic E-state index is 12.6. The first kappa shape index (κ1) is 17.3. The van der Waals surface area contributed by atoms with Crippen molar-refractivity contribution in [3.8, 4) is 0 Å². The van der Waals surface area contributed by atoms with E-state index in [0.717, 1.165) is 30.8 Å². The van der Waals surface area contributed by atoms with Gasteiger partial charge >= 0.3 is 0 Å². The van der Waals surface area contributed by atoms with Gasteiger partial charge in [0.15, 0.2) is 0 Å². The van der Waals surface area contributed by atoms with E-state index < -0.39 is 0 Å². The van der Waals surface area contributed by atoms with Crippen molar-refractivity contribution in [3.05, 3.63) is 89.1 Å². The molecule has 0 bridgehead atoms. The number of anilines is 2. The van der Waals surface area contributed by atoms with Crippen molar-refractivity contribution in [3.63, 3.8) is 0 Å². The van der Waals surface area contributed by atoms with Gasteiger partial charge in [-0.05, 0) is 49.1 Å². The molecule has 1 N–H and O–H groups in total. The van der Waals surface area contributed by atoms with Crippen LogP contribution in [0.1, 0.15) is 33.5 Å². The van der Waals surface area contributed by atoms with Crippen molar-refractivity contribution < 1.29 is 4.79 Å². The summed E-state index contributed by atoms with van der Waals surface area (Å²) in [7, 11) is 0. The number of nitrogens with zero attached hydrogens (tertiary/aromatic N) is 2. The normalized spacial score (nSPS) is 13.1. The Morgan fingerprint density at radius 2 is 1.93 bits per heavy atom. The number of nitrogens with one attached hydrogen (secondary N) is 1. The number of aryl methyl sites for hydroxylation is 2. The van der Waals surface area contributed by atoms with Gasteiger partial charge in [0.25, 0.3) is 5.91 Å². The lowest BCUT2D eigenvalue weighted by molar-refractivity contribution is 0.0951. The van der Waals surface area contributed by atoms with Crippen LogP contribution in [0.5, 0.6) is 0 Å². The van der Waals surface area contributed by atoms with E-state index in [1.54, 1.807) is 12.3 Å². The Hall–Kier alpha value is -3.14. The number of benzene rings is 2. The Morgan fingerprint density at radius 3 is 2.78 bits per heavy atom. The molecular weight excluding hydrogens is 334 g/mol. The van der Waals surface area contributed by atoms with Crippen LogP contribution in [0.3, 0.4) is 0 Å². The number of rotatable bonds is 4. The van der Waals surface area contributed by atoms with Gasteiger partial charge in [-0.1, -0.05) is 48.0 Å². The van der Waals surface area contributed by atoms with Crippen LogP contribution in [-0.4, -0.2) is 17.4 Å². The van der Waals surface area contributed by atoms with Crippen molar-refractivity contribution in [1.82, 2.24) is 10.3 Å². The fourth-order valence-electron chi connectivity index (χ4n) is 3.47. The molecule has 4 rings (SSSR count). The number of hydrogen-bond donors (Lipinski definition) is 1. The summed E-state index contributed by atoms with van der Waals surface area (Å²) in [5.74, 6) is 0.745. The average Bonchev–Trinajstić information content (AvgIpc) is 2.73. The molecule has 0 fully saturated rings. The van der Waals surface area contributed by atoms with Crippen LogP contribution in [0.4, 0.5) is 11.5 Å². The molecule has 1 aliphatic heterocycles. The van der Waals surface area contributed by atoms with E-state index in [1.165, 1.54) is 16.8 Å². The average molecular weight is 357 g/mol. The minimum Gasteiger partial charge on any atom is -0.348 e. The molecule has 3 aromatic rings.